The zero-order valence-corrected chi connectivity index (χ0v) is 10.2. The van der Waals surface area contributed by atoms with Crippen LogP contribution in [0.3, 0.4) is 0 Å². The summed E-state index contributed by atoms with van der Waals surface area (Å²) in [6.07, 6.45) is 3.66. The Labute approximate surface area is 103 Å². The van der Waals surface area contributed by atoms with Gasteiger partial charge in [-0.1, -0.05) is 0 Å². The van der Waals surface area contributed by atoms with E-state index in [2.05, 4.69) is 14.3 Å². The highest BCUT2D eigenvalue weighted by atomic mass is 32.1. The molecule has 0 bridgehead atoms. The van der Waals surface area contributed by atoms with Gasteiger partial charge in [0.15, 0.2) is 0 Å². The van der Waals surface area contributed by atoms with Gasteiger partial charge >= 0.3 is 5.97 Å². The largest absolute Gasteiger partial charge is 0.481 e. The van der Waals surface area contributed by atoms with Gasteiger partial charge in [0.2, 0.25) is 5.13 Å². The van der Waals surface area contributed by atoms with E-state index in [0.717, 1.165) is 31.1 Å². The first-order chi connectivity index (χ1) is 8.25. The Balaban J connectivity index is 1.69. The smallest absolute Gasteiger partial charge is 0.305 e. The van der Waals surface area contributed by atoms with Gasteiger partial charge in [0.1, 0.15) is 6.33 Å². The van der Waals surface area contributed by atoms with Crippen molar-refractivity contribution in [1.82, 2.24) is 9.36 Å². The van der Waals surface area contributed by atoms with Crippen molar-refractivity contribution in [3.05, 3.63) is 6.33 Å². The molecule has 1 N–H and O–H groups in total. The molecule has 1 aliphatic heterocycles. The highest BCUT2D eigenvalue weighted by Crippen LogP contribution is 2.21. The Morgan fingerprint density at radius 1 is 1.59 bits per heavy atom. The molecule has 2 heterocycles. The molecule has 0 atom stereocenters. The van der Waals surface area contributed by atoms with Crippen LogP contribution in [0.4, 0.5) is 5.13 Å². The molecule has 0 amide bonds. The molecular formula is C10H15N3O3S. The first-order valence-electron chi connectivity index (χ1n) is 5.60. The van der Waals surface area contributed by atoms with Crippen molar-refractivity contribution in [2.45, 2.75) is 25.4 Å². The quantitative estimate of drug-likeness (QED) is 0.848. The zero-order valence-electron chi connectivity index (χ0n) is 9.41. The van der Waals surface area contributed by atoms with Gasteiger partial charge in [0.25, 0.3) is 0 Å². The first kappa shape index (κ1) is 12.3. The molecule has 0 aliphatic carbocycles. The third-order valence-corrected chi connectivity index (χ3v) is 3.46. The lowest BCUT2D eigenvalue weighted by Crippen LogP contribution is -2.37. The lowest BCUT2D eigenvalue weighted by atomic mass is 10.1. The van der Waals surface area contributed by atoms with Crippen LogP contribution in [0.5, 0.6) is 0 Å². The highest BCUT2D eigenvalue weighted by Gasteiger charge is 2.21. The van der Waals surface area contributed by atoms with E-state index in [9.17, 15) is 4.79 Å². The second-order valence-electron chi connectivity index (χ2n) is 3.92. The maximum atomic E-state index is 10.3. The molecule has 1 fully saturated rings. The Kier molecular flexibility index (Phi) is 4.27. The van der Waals surface area contributed by atoms with Crippen LogP contribution in [-0.2, 0) is 9.53 Å². The molecule has 7 heteroatoms. The van der Waals surface area contributed by atoms with Crippen LogP contribution in [0, 0.1) is 0 Å². The molecule has 2 rings (SSSR count). The topological polar surface area (TPSA) is 75.6 Å². The van der Waals surface area contributed by atoms with E-state index >= 15 is 0 Å². The lowest BCUT2D eigenvalue weighted by molar-refractivity contribution is -0.138. The van der Waals surface area contributed by atoms with Gasteiger partial charge in [-0.15, -0.1) is 0 Å². The number of piperidine rings is 1. The van der Waals surface area contributed by atoms with Crippen molar-refractivity contribution >= 4 is 22.6 Å². The predicted octanol–water partition coefficient (Wildman–Crippen LogP) is 0.998. The van der Waals surface area contributed by atoms with Crippen LogP contribution in [-0.4, -0.2) is 46.2 Å². The predicted molar refractivity (Wildman–Crippen MR) is 63.3 cm³/mol. The van der Waals surface area contributed by atoms with Gasteiger partial charge in [0.05, 0.1) is 19.1 Å². The molecule has 1 aromatic rings. The van der Waals surface area contributed by atoms with Crippen LogP contribution in [0.1, 0.15) is 19.3 Å². The minimum absolute atomic E-state index is 0.0800. The van der Waals surface area contributed by atoms with Gasteiger partial charge in [-0.2, -0.15) is 4.37 Å². The summed E-state index contributed by atoms with van der Waals surface area (Å²) in [5.41, 5.74) is 0. The Morgan fingerprint density at radius 2 is 2.35 bits per heavy atom. The summed E-state index contributed by atoms with van der Waals surface area (Å²) >= 11 is 1.40. The molecule has 0 saturated carbocycles. The number of rotatable bonds is 5. The van der Waals surface area contributed by atoms with Gasteiger partial charge in [-0.25, -0.2) is 4.98 Å². The first-order valence-corrected chi connectivity index (χ1v) is 6.38. The maximum absolute atomic E-state index is 10.3. The molecule has 0 radical (unpaired) electrons. The van der Waals surface area contributed by atoms with E-state index in [1.807, 2.05) is 0 Å². The van der Waals surface area contributed by atoms with Gasteiger partial charge in [0, 0.05) is 24.6 Å². The average molecular weight is 257 g/mol. The summed E-state index contributed by atoms with van der Waals surface area (Å²) in [6, 6.07) is 0. The Bertz CT molecular complexity index is 350. The van der Waals surface area contributed by atoms with Crippen molar-refractivity contribution in [3.63, 3.8) is 0 Å². The van der Waals surface area contributed by atoms with E-state index in [1.165, 1.54) is 11.5 Å². The summed E-state index contributed by atoms with van der Waals surface area (Å²) in [7, 11) is 0. The van der Waals surface area contributed by atoms with Crippen LogP contribution in [0.15, 0.2) is 6.33 Å². The summed E-state index contributed by atoms with van der Waals surface area (Å²) in [5, 5.41) is 9.46. The second kappa shape index (κ2) is 5.92. The van der Waals surface area contributed by atoms with Crippen molar-refractivity contribution < 1.29 is 14.6 Å². The van der Waals surface area contributed by atoms with E-state index in [-0.39, 0.29) is 12.5 Å². The number of carbonyl (C=O) groups is 1. The fourth-order valence-corrected chi connectivity index (χ4v) is 2.41. The third kappa shape index (κ3) is 3.64. The number of hydrogen-bond acceptors (Lipinski definition) is 6. The van der Waals surface area contributed by atoms with Crippen LogP contribution in [0.25, 0.3) is 0 Å². The Morgan fingerprint density at radius 3 is 2.94 bits per heavy atom. The molecule has 1 aliphatic rings. The number of carboxylic acids is 1. The minimum atomic E-state index is -0.809. The summed E-state index contributed by atoms with van der Waals surface area (Å²) in [5.74, 6) is -0.809. The molecule has 1 saturated heterocycles. The number of anilines is 1. The van der Waals surface area contributed by atoms with E-state index in [1.54, 1.807) is 6.33 Å². The van der Waals surface area contributed by atoms with E-state index < -0.39 is 5.97 Å². The van der Waals surface area contributed by atoms with Gasteiger partial charge < -0.3 is 14.7 Å². The Hall–Kier alpha value is -1.21. The maximum Gasteiger partial charge on any atom is 0.305 e. The van der Waals surface area contributed by atoms with E-state index in [0.29, 0.717) is 6.61 Å². The van der Waals surface area contributed by atoms with Crippen molar-refractivity contribution in [3.8, 4) is 0 Å². The summed E-state index contributed by atoms with van der Waals surface area (Å²) < 4.78 is 9.50. The normalized spacial score (nSPS) is 17.3. The van der Waals surface area contributed by atoms with Crippen molar-refractivity contribution in [2.24, 2.45) is 0 Å². The summed E-state index contributed by atoms with van der Waals surface area (Å²) in [6.45, 7) is 2.10. The number of carboxylic acid groups (broad SMARTS) is 1. The minimum Gasteiger partial charge on any atom is -0.481 e. The standard InChI is InChI=1S/C10H15N3O3S/c14-9(15)3-6-16-8-1-4-13(5-2-8)10-11-7-12-17-10/h7-8H,1-6H2,(H,14,15). The fourth-order valence-electron chi connectivity index (χ4n) is 1.83. The van der Waals surface area contributed by atoms with Crippen LogP contribution in [0.2, 0.25) is 0 Å². The molecule has 17 heavy (non-hydrogen) atoms. The zero-order chi connectivity index (χ0) is 12.1. The third-order valence-electron chi connectivity index (χ3n) is 2.73. The van der Waals surface area contributed by atoms with E-state index in [4.69, 9.17) is 9.84 Å². The lowest BCUT2D eigenvalue weighted by Gasteiger charge is -2.31. The number of ether oxygens (including phenoxy) is 1. The average Bonchev–Trinajstić information content (AvgIpc) is 2.83. The molecular weight excluding hydrogens is 242 g/mol. The van der Waals surface area contributed by atoms with Crippen LogP contribution >= 0.6 is 11.5 Å². The number of hydrogen-bond donors (Lipinski definition) is 1. The molecule has 0 unspecified atom stereocenters. The summed E-state index contributed by atoms with van der Waals surface area (Å²) in [4.78, 5) is 16.7. The van der Waals surface area contributed by atoms with Gasteiger partial charge in [-0.05, 0) is 12.8 Å². The molecule has 1 aromatic heterocycles. The molecule has 0 spiro atoms. The fraction of sp³-hybridized carbons (Fsp3) is 0.700. The SMILES string of the molecule is O=C(O)CCOC1CCN(c2ncns2)CC1. The molecule has 6 nitrogen and oxygen atoms in total. The number of nitrogens with zero attached hydrogens (tertiary/aromatic N) is 3. The van der Waals surface area contributed by atoms with Crippen molar-refractivity contribution in [2.75, 3.05) is 24.6 Å². The number of aliphatic carboxylic acids is 1. The molecule has 0 aromatic carbocycles. The van der Waals surface area contributed by atoms with Crippen molar-refractivity contribution in [1.29, 1.82) is 0 Å². The number of aromatic nitrogens is 2. The van der Waals surface area contributed by atoms with Crippen LogP contribution < -0.4 is 4.90 Å². The molecule has 94 valence electrons. The highest BCUT2D eigenvalue weighted by molar-refractivity contribution is 7.09. The van der Waals surface area contributed by atoms with Gasteiger partial charge in [-0.3, -0.25) is 4.79 Å². The monoisotopic (exact) mass is 257 g/mol. The second-order valence-corrected chi connectivity index (χ2v) is 4.68.